The molecule has 0 radical (unpaired) electrons. The summed E-state index contributed by atoms with van der Waals surface area (Å²) in [5.74, 6) is 0.489. The summed E-state index contributed by atoms with van der Waals surface area (Å²) >= 11 is 1.63. The molecule has 0 saturated carbocycles. The van der Waals surface area contributed by atoms with Crippen molar-refractivity contribution in [1.82, 2.24) is 5.01 Å². The highest BCUT2D eigenvalue weighted by Gasteiger charge is 2.40. The van der Waals surface area contributed by atoms with Gasteiger partial charge in [0.1, 0.15) is 5.75 Å². The maximum atomic E-state index is 12.4. The number of hydrogen-bond acceptors (Lipinski definition) is 6. The molecule has 2 aromatic rings. The first-order valence-electron chi connectivity index (χ1n) is 10.1. The summed E-state index contributed by atoms with van der Waals surface area (Å²) < 4.78 is 11.1. The van der Waals surface area contributed by atoms with E-state index in [2.05, 4.69) is 29.4 Å². The van der Waals surface area contributed by atoms with Gasteiger partial charge in [-0.15, -0.1) is 0 Å². The molecule has 2 N–H and O–H groups in total. The van der Waals surface area contributed by atoms with Crippen LogP contribution in [-0.2, 0) is 14.9 Å². The van der Waals surface area contributed by atoms with Gasteiger partial charge in [-0.2, -0.15) is 5.10 Å². The van der Waals surface area contributed by atoms with Crippen LogP contribution in [0.3, 0.4) is 0 Å². The molecule has 1 fully saturated rings. The number of carbonyl (C=O) groups is 1. The molecule has 1 unspecified atom stereocenters. The fourth-order valence-electron chi connectivity index (χ4n) is 4.20. The lowest BCUT2D eigenvalue weighted by molar-refractivity contribution is -0.127. The Morgan fingerprint density at radius 2 is 1.97 bits per heavy atom. The number of rotatable bonds is 6. The highest BCUT2D eigenvalue weighted by molar-refractivity contribution is 7.99. The molecule has 6 nitrogen and oxygen atoms in total. The first kappa shape index (κ1) is 20.8. The van der Waals surface area contributed by atoms with Crippen molar-refractivity contribution >= 4 is 23.9 Å². The second-order valence-corrected chi connectivity index (χ2v) is 8.83. The quantitative estimate of drug-likeness (QED) is 0.763. The third-order valence-electron chi connectivity index (χ3n) is 6.07. The number of carbonyl (C=O) groups excluding carboxylic acids is 1. The van der Waals surface area contributed by atoms with E-state index in [4.69, 9.17) is 15.2 Å². The number of hydrogen-bond donors (Lipinski definition) is 1. The van der Waals surface area contributed by atoms with Crippen LogP contribution in [-0.4, -0.2) is 44.5 Å². The van der Waals surface area contributed by atoms with Crippen LogP contribution in [0.2, 0.25) is 0 Å². The number of methoxy groups -OCH3 is 1. The molecular formula is C23H27N3O3S. The average Bonchev–Trinajstić information content (AvgIpc) is 3.20. The van der Waals surface area contributed by atoms with Crippen molar-refractivity contribution in [2.24, 2.45) is 10.8 Å². The molecule has 1 atom stereocenters. The van der Waals surface area contributed by atoms with Gasteiger partial charge in [0.15, 0.2) is 0 Å². The number of ether oxygens (including phenoxy) is 2. The van der Waals surface area contributed by atoms with Crippen LogP contribution in [0.15, 0.2) is 57.4 Å². The van der Waals surface area contributed by atoms with Crippen molar-refractivity contribution in [1.29, 1.82) is 0 Å². The van der Waals surface area contributed by atoms with Gasteiger partial charge in [0.2, 0.25) is 5.91 Å². The van der Waals surface area contributed by atoms with Gasteiger partial charge in [0.25, 0.3) is 0 Å². The fraction of sp³-hybridized carbons (Fsp3) is 0.391. The molecule has 30 heavy (non-hydrogen) atoms. The van der Waals surface area contributed by atoms with Crippen LogP contribution >= 0.6 is 11.8 Å². The summed E-state index contributed by atoms with van der Waals surface area (Å²) in [4.78, 5) is 14.5. The highest BCUT2D eigenvalue weighted by Crippen LogP contribution is 2.41. The van der Waals surface area contributed by atoms with Crippen LogP contribution < -0.4 is 10.5 Å². The predicted molar refractivity (Wildman–Crippen MR) is 118 cm³/mol. The summed E-state index contributed by atoms with van der Waals surface area (Å²) in [7, 11) is 3.66. The van der Waals surface area contributed by atoms with Gasteiger partial charge >= 0.3 is 0 Å². The highest BCUT2D eigenvalue weighted by atomic mass is 32.2. The van der Waals surface area contributed by atoms with E-state index in [9.17, 15) is 4.79 Å². The third kappa shape index (κ3) is 3.91. The molecular weight excluding hydrogens is 398 g/mol. The van der Waals surface area contributed by atoms with Crippen molar-refractivity contribution in [3.8, 4) is 5.75 Å². The molecule has 7 heteroatoms. The summed E-state index contributed by atoms with van der Waals surface area (Å²) in [6.45, 7) is 1.08. The monoisotopic (exact) mass is 425 g/mol. The molecule has 4 rings (SSSR count). The maximum Gasteiger partial charge on any atom is 0.228 e. The van der Waals surface area contributed by atoms with E-state index >= 15 is 0 Å². The van der Waals surface area contributed by atoms with Crippen LogP contribution in [0.25, 0.3) is 0 Å². The Kier molecular flexibility index (Phi) is 6.01. The lowest BCUT2D eigenvalue weighted by Gasteiger charge is -2.35. The van der Waals surface area contributed by atoms with E-state index in [1.165, 1.54) is 5.56 Å². The normalized spacial score (nSPS) is 20.3. The van der Waals surface area contributed by atoms with Gasteiger partial charge in [-0.05, 0) is 48.2 Å². The van der Waals surface area contributed by atoms with Crippen molar-refractivity contribution in [3.05, 3.63) is 53.6 Å². The minimum absolute atomic E-state index is 0.292. The number of benzene rings is 2. The molecule has 2 heterocycles. The van der Waals surface area contributed by atoms with Gasteiger partial charge in [0.05, 0.1) is 23.5 Å². The Bertz CT molecular complexity index is 939. The SMILES string of the molecule is COc1ccc(C2(C(N)=O)CCOCC2)cc1Sc1ccc(C2CC=NN2C)cc1. The summed E-state index contributed by atoms with van der Waals surface area (Å²) in [5.41, 5.74) is 7.34. The lowest BCUT2D eigenvalue weighted by Crippen LogP contribution is -2.45. The second kappa shape index (κ2) is 8.70. The Morgan fingerprint density at radius 3 is 2.57 bits per heavy atom. The first-order valence-corrected chi connectivity index (χ1v) is 10.9. The van der Waals surface area contributed by atoms with Crippen molar-refractivity contribution in [3.63, 3.8) is 0 Å². The molecule has 0 spiro atoms. The second-order valence-electron chi connectivity index (χ2n) is 7.72. The minimum atomic E-state index is -0.684. The zero-order valence-corrected chi connectivity index (χ0v) is 18.2. The fourth-order valence-corrected chi connectivity index (χ4v) is 5.16. The third-order valence-corrected chi connectivity index (χ3v) is 7.12. The average molecular weight is 426 g/mol. The predicted octanol–water partition coefficient (Wildman–Crippen LogP) is 3.74. The van der Waals surface area contributed by atoms with Gasteiger partial charge in [-0.1, -0.05) is 30.0 Å². The largest absolute Gasteiger partial charge is 0.496 e. The zero-order valence-electron chi connectivity index (χ0n) is 17.3. The Hall–Kier alpha value is -2.51. The Labute approximate surface area is 181 Å². The van der Waals surface area contributed by atoms with E-state index in [1.54, 1.807) is 18.9 Å². The molecule has 2 aromatic carbocycles. The summed E-state index contributed by atoms with van der Waals surface area (Å²) in [5, 5.41) is 6.31. The molecule has 0 aliphatic carbocycles. The zero-order chi connectivity index (χ0) is 21.1. The molecule has 2 aliphatic heterocycles. The van der Waals surface area contributed by atoms with E-state index in [1.807, 2.05) is 36.5 Å². The van der Waals surface area contributed by atoms with Crippen LogP contribution in [0.5, 0.6) is 5.75 Å². The molecule has 0 bridgehead atoms. The lowest BCUT2D eigenvalue weighted by atomic mass is 9.73. The number of amides is 1. The van der Waals surface area contributed by atoms with Crippen molar-refractivity contribution in [2.75, 3.05) is 27.4 Å². The van der Waals surface area contributed by atoms with Gasteiger partial charge in [0, 0.05) is 37.8 Å². The summed E-state index contributed by atoms with van der Waals surface area (Å²) in [6.07, 6.45) is 4.08. The Morgan fingerprint density at radius 1 is 1.23 bits per heavy atom. The molecule has 2 aliphatic rings. The van der Waals surface area contributed by atoms with E-state index in [0.29, 0.717) is 32.1 Å². The Balaban J connectivity index is 1.60. The van der Waals surface area contributed by atoms with Crippen molar-refractivity contribution < 1.29 is 14.3 Å². The van der Waals surface area contributed by atoms with Gasteiger partial charge < -0.3 is 15.2 Å². The van der Waals surface area contributed by atoms with Crippen LogP contribution in [0.1, 0.15) is 36.4 Å². The van der Waals surface area contributed by atoms with Crippen molar-refractivity contribution in [2.45, 2.75) is 40.5 Å². The first-order chi connectivity index (χ1) is 14.5. The molecule has 1 amide bonds. The number of nitrogens with two attached hydrogens (primary N) is 1. The number of primary amides is 1. The molecule has 0 aromatic heterocycles. The molecule has 1 saturated heterocycles. The van der Waals surface area contributed by atoms with Crippen LogP contribution in [0, 0.1) is 0 Å². The standard InChI is InChI=1S/C23H27N3O3S/c1-26-19(9-12-25-26)16-3-6-18(7-4-16)30-21-15-17(5-8-20(21)28-2)23(22(24)27)10-13-29-14-11-23/h3-8,12,15,19H,9-11,13-14H2,1-2H3,(H2,24,27). The van der Waals surface area contributed by atoms with Gasteiger partial charge in [-0.25, -0.2) is 0 Å². The van der Waals surface area contributed by atoms with Gasteiger partial charge in [-0.3, -0.25) is 9.80 Å². The minimum Gasteiger partial charge on any atom is -0.496 e. The van der Waals surface area contributed by atoms with Crippen LogP contribution in [0.4, 0.5) is 0 Å². The summed E-state index contributed by atoms with van der Waals surface area (Å²) in [6, 6.07) is 14.8. The van der Waals surface area contributed by atoms with E-state index in [-0.39, 0.29) is 5.91 Å². The number of hydrazone groups is 1. The van der Waals surface area contributed by atoms with E-state index in [0.717, 1.165) is 27.5 Å². The van der Waals surface area contributed by atoms with E-state index < -0.39 is 5.41 Å². The molecule has 158 valence electrons. The maximum absolute atomic E-state index is 12.4. The number of nitrogens with zero attached hydrogens (tertiary/aromatic N) is 2. The smallest absolute Gasteiger partial charge is 0.228 e. The topological polar surface area (TPSA) is 77.1 Å².